The molecule has 1 aliphatic carbocycles. The predicted molar refractivity (Wildman–Crippen MR) is 76.9 cm³/mol. The second kappa shape index (κ2) is 5.50. The molecular formula is C15H18F2N4O2. The summed E-state index contributed by atoms with van der Waals surface area (Å²) in [6.45, 7) is 2.05. The van der Waals surface area contributed by atoms with Crippen molar-refractivity contribution in [1.29, 1.82) is 0 Å². The number of halogens is 2. The highest BCUT2D eigenvalue weighted by Gasteiger charge is 2.55. The monoisotopic (exact) mass is 324 g/mol. The summed E-state index contributed by atoms with van der Waals surface area (Å²) < 4.78 is 28.2. The standard InChI is InChI=1S/C15H18F2N4O2/c1-9-18-4-2-11(20-9)12(22)21-10-6-14(3-5-19-13(14)23)8-15(16,17)7-10/h2,4,10H,3,5-8H2,1H3,(H,19,23)(H,21,22). The van der Waals surface area contributed by atoms with Crippen LogP contribution in [0.4, 0.5) is 8.78 Å². The number of carbonyl (C=O) groups is 2. The maximum atomic E-state index is 14.1. The molecule has 2 atom stereocenters. The maximum absolute atomic E-state index is 14.1. The summed E-state index contributed by atoms with van der Waals surface area (Å²) in [5.74, 6) is -3.40. The first-order valence-electron chi connectivity index (χ1n) is 7.56. The minimum absolute atomic E-state index is 0.135. The van der Waals surface area contributed by atoms with E-state index in [0.29, 0.717) is 18.8 Å². The van der Waals surface area contributed by atoms with Crippen LogP contribution in [-0.4, -0.2) is 40.3 Å². The lowest BCUT2D eigenvalue weighted by Crippen LogP contribution is -2.51. The van der Waals surface area contributed by atoms with Crippen molar-refractivity contribution in [2.75, 3.05) is 6.54 Å². The Hall–Kier alpha value is -2.12. The van der Waals surface area contributed by atoms with Gasteiger partial charge in [-0.2, -0.15) is 0 Å². The van der Waals surface area contributed by atoms with Crippen LogP contribution in [0.1, 0.15) is 42.0 Å². The Labute approximate surface area is 132 Å². The molecule has 23 heavy (non-hydrogen) atoms. The molecule has 6 nitrogen and oxygen atoms in total. The number of hydrogen-bond donors (Lipinski definition) is 2. The summed E-state index contributed by atoms with van der Waals surface area (Å²) in [7, 11) is 0. The molecule has 2 fully saturated rings. The van der Waals surface area contributed by atoms with E-state index in [9.17, 15) is 18.4 Å². The highest BCUT2D eigenvalue weighted by atomic mass is 19.3. The third-order valence-corrected chi connectivity index (χ3v) is 4.49. The lowest BCUT2D eigenvalue weighted by molar-refractivity contribution is -0.142. The lowest BCUT2D eigenvalue weighted by atomic mass is 9.69. The van der Waals surface area contributed by atoms with Gasteiger partial charge in [0.15, 0.2) is 0 Å². The summed E-state index contributed by atoms with van der Waals surface area (Å²) in [5, 5.41) is 5.23. The van der Waals surface area contributed by atoms with Crippen LogP contribution in [0.5, 0.6) is 0 Å². The highest BCUT2D eigenvalue weighted by Crippen LogP contribution is 2.48. The molecule has 2 aliphatic rings. The SMILES string of the molecule is Cc1nccc(C(=O)NC2CC(F)(F)CC3(CCNC3=O)C2)n1. The Bertz CT molecular complexity index is 652. The molecule has 1 saturated heterocycles. The second-order valence-corrected chi connectivity index (χ2v) is 6.39. The smallest absolute Gasteiger partial charge is 0.270 e. The van der Waals surface area contributed by atoms with Gasteiger partial charge in [0.1, 0.15) is 11.5 Å². The van der Waals surface area contributed by atoms with Gasteiger partial charge in [-0.15, -0.1) is 0 Å². The van der Waals surface area contributed by atoms with Crippen LogP contribution in [0, 0.1) is 12.3 Å². The zero-order valence-corrected chi connectivity index (χ0v) is 12.7. The van der Waals surface area contributed by atoms with Crippen molar-refractivity contribution < 1.29 is 18.4 Å². The minimum atomic E-state index is -2.97. The van der Waals surface area contributed by atoms with E-state index < -0.39 is 36.1 Å². The number of aromatic nitrogens is 2. The summed E-state index contributed by atoms with van der Waals surface area (Å²) in [6.07, 6.45) is 1.13. The zero-order chi connectivity index (χ0) is 16.7. The quantitative estimate of drug-likeness (QED) is 0.856. The van der Waals surface area contributed by atoms with Crippen molar-refractivity contribution in [3.63, 3.8) is 0 Å². The average Bonchev–Trinajstić information content (AvgIpc) is 2.77. The number of nitrogens with one attached hydrogen (secondary N) is 2. The van der Waals surface area contributed by atoms with E-state index in [2.05, 4.69) is 20.6 Å². The van der Waals surface area contributed by atoms with Gasteiger partial charge in [0.05, 0.1) is 5.41 Å². The van der Waals surface area contributed by atoms with E-state index in [-0.39, 0.29) is 18.0 Å². The molecule has 2 amide bonds. The molecule has 3 rings (SSSR count). The topological polar surface area (TPSA) is 84.0 Å². The molecule has 124 valence electrons. The maximum Gasteiger partial charge on any atom is 0.270 e. The molecule has 0 aromatic carbocycles. The Morgan fingerprint density at radius 3 is 2.87 bits per heavy atom. The summed E-state index contributed by atoms with van der Waals surface area (Å²) in [4.78, 5) is 32.1. The number of nitrogens with zero attached hydrogens (tertiary/aromatic N) is 2. The van der Waals surface area contributed by atoms with E-state index in [1.165, 1.54) is 12.3 Å². The second-order valence-electron chi connectivity index (χ2n) is 6.39. The average molecular weight is 324 g/mol. The molecule has 1 saturated carbocycles. The van der Waals surface area contributed by atoms with E-state index in [4.69, 9.17) is 0 Å². The van der Waals surface area contributed by atoms with Gasteiger partial charge < -0.3 is 10.6 Å². The highest BCUT2D eigenvalue weighted by molar-refractivity contribution is 5.92. The molecule has 2 unspecified atom stereocenters. The Morgan fingerprint density at radius 2 is 2.22 bits per heavy atom. The van der Waals surface area contributed by atoms with Crippen molar-refractivity contribution in [3.8, 4) is 0 Å². The van der Waals surface area contributed by atoms with Gasteiger partial charge in [0.2, 0.25) is 5.91 Å². The van der Waals surface area contributed by atoms with Gasteiger partial charge in [-0.3, -0.25) is 9.59 Å². The van der Waals surface area contributed by atoms with E-state index >= 15 is 0 Å². The van der Waals surface area contributed by atoms with Gasteiger partial charge in [0, 0.05) is 31.6 Å². The number of hydrogen-bond acceptors (Lipinski definition) is 4. The summed E-state index contributed by atoms with van der Waals surface area (Å²) in [5.41, 5.74) is -0.947. The molecule has 2 heterocycles. The molecular weight excluding hydrogens is 306 g/mol. The predicted octanol–water partition coefficient (Wildman–Crippen LogP) is 1.21. The number of aryl methyl sites for hydroxylation is 1. The third-order valence-electron chi connectivity index (χ3n) is 4.49. The summed E-state index contributed by atoms with van der Waals surface area (Å²) in [6, 6.07) is 0.673. The first-order valence-corrected chi connectivity index (χ1v) is 7.56. The first kappa shape index (κ1) is 15.8. The van der Waals surface area contributed by atoms with Crippen LogP contribution in [0.25, 0.3) is 0 Å². The van der Waals surface area contributed by atoms with Crippen molar-refractivity contribution in [2.45, 2.75) is 44.6 Å². The van der Waals surface area contributed by atoms with Crippen molar-refractivity contribution in [1.82, 2.24) is 20.6 Å². The summed E-state index contributed by atoms with van der Waals surface area (Å²) >= 11 is 0. The Morgan fingerprint density at radius 1 is 1.43 bits per heavy atom. The van der Waals surface area contributed by atoms with Crippen molar-refractivity contribution in [3.05, 3.63) is 23.8 Å². The molecule has 1 aromatic heterocycles. The number of amides is 2. The van der Waals surface area contributed by atoms with Gasteiger partial charge >= 0.3 is 0 Å². The molecule has 2 N–H and O–H groups in total. The largest absolute Gasteiger partial charge is 0.356 e. The fourth-order valence-corrected chi connectivity index (χ4v) is 3.57. The van der Waals surface area contributed by atoms with E-state index in [1.54, 1.807) is 6.92 Å². The van der Waals surface area contributed by atoms with Crippen LogP contribution in [0.3, 0.4) is 0 Å². The van der Waals surface area contributed by atoms with Crippen LogP contribution in [-0.2, 0) is 4.79 Å². The molecule has 0 radical (unpaired) electrons. The number of carbonyl (C=O) groups excluding carboxylic acids is 2. The van der Waals surface area contributed by atoms with Gasteiger partial charge in [0.25, 0.3) is 11.8 Å². The molecule has 1 aliphatic heterocycles. The van der Waals surface area contributed by atoms with Gasteiger partial charge in [-0.25, -0.2) is 18.7 Å². The van der Waals surface area contributed by atoms with Gasteiger partial charge in [-0.1, -0.05) is 0 Å². The van der Waals surface area contributed by atoms with Crippen LogP contribution >= 0.6 is 0 Å². The Balaban J connectivity index is 1.77. The fraction of sp³-hybridized carbons (Fsp3) is 0.600. The van der Waals surface area contributed by atoms with E-state index in [1.807, 2.05) is 0 Å². The number of alkyl halides is 2. The van der Waals surface area contributed by atoms with E-state index in [0.717, 1.165) is 0 Å². The molecule has 8 heteroatoms. The van der Waals surface area contributed by atoms with Crippen LogP contribution in [0.15, 0.2) is 12.3 Å². The molecule has 0 bridgehead atoms. The Kier molecular flexibility index (Phi) is 3.77. The normalized spacial score (nSPS) is 29.3. The van der Waals surface area contributed by atoms with Crippen LogP contribution in [0.2, 0.25) is 0 Å². The van der Waals surface area contributed by atoms with Crippen molar-refractivity contribution in [2.24, 2.45) is 5.41 Å². The number of rotatable bonds is 2. The fourth-order valence-electron chi connectivity index (χ4n) is 3.57. The molecule has 1 aromatic rings. The minimum Gasteiger partial charge on any atom is -0.356 e. The third kappa shape index (κ3) is 3.16. The van der Waals surface area contributed by atoms with Crippen molar-refractivity contribution >= 4 is 11.8 Å². The lowest BCUT2D eigenvalue weighted by Gasteiger charge is -2.40. The van der Waals surface area contributed by atoms with Crippen LogP contribution < -0.4 is 10.6 Å². The zero-order valence-electron chi connectivity index (χ0n) is 12.7. The first-order chi connectivity index (χ1) is 10.8. The molecule has 1 spiro atoms. The van der Waals surface area contributed by atoms with Gasteiger partial charge in [-0.05, 0) is 25.8 Å².